The number of hydroxylamine groups is 5. The minimum Gasteiger partial charge on any atom is -0.755 e. The van der Waals surface area contributed by atoms with E-state index in [1.807, 2.05) is 35.4 Å². The van der Waals surface area contributed by atoms with E-state index in [4.69, 9.17) is 4.98 Å². The van der Waals surface area contributed by atoms with Crippen LogP contribution in [0.15, 0.2) is 79.0 Å². The number of hydrazine groups is 1. The number of quaternary nitrogens is 1. The Bertz CT molecular complexity index is 2190. The van der Waals surface area contributed by atoms with E-state index in [0.29, 0.717) is 43.9 Å². The minimum atomic E-state index is -1.31. The molecule has 3 N–H and O–H groups in total. The topological polar surface area (TPSA) is 163 Å². The summed E-state index contributed by atoms with van der Waals surface area (Å²) in [5.41, 5.74) is 6.68. The predicted molar refractivity (Wildman–Crippen MR) is 222 cm³/mol. The third-order valence-electron chi connectivity index (χ3n) is 12.5. The van der Waals surface area contributed by atoms with E-state index in [-0.39, 0.29) is 47.9 Å². The van der Waals surface area contributed by atoms with Crippen LogP contribution in [0.1, 0.15) is 72.8 Å². The van der Waals surface area contributed by atoms with Crippen LogP contribution in [0.5, 0.6) is 0 Å². The van der Waals surface area contributed by atoms with Crippen LogP contribution in [0.2, 0.25) is 0 Å². The first-order valence-electron chi connectivity index (χ1n) is 20.4. The van der Waals surface area contributed by atoms with Gasteiger partial charge in [0.2, 0.25) is 11.8 Å². The van der Waals surface area contributed by atoms with E-state index >= 15 is 0 Å². The molecule has 1 aromatic heterocycles. The number of amides is 3. The number of nitrogens with one attached hydrogen (secondary N) is 3. The van der Waals surface area contributed by atoms with Crippen LogP contribution in [-0.2, 0) is 9.59 Å². The molecule has 3 fully saturated rings. The number of halogens is 1. The molecule has 5 unspecified atom stereocenters. The first-order valence-corrected chi connectivity index (χ1v) is 20.4. The molecule has 2 aromatic carbocycles. The van der Waals surface area contributed by atoms with Gasteiger partial charge >= 0.3 is 5.91 Å². The van der Waals surface area contributed by atoms with Crippen molar-refractivity contribution >= 4 is 34.9 Å². The van der Waals surface area contributed by atoms with Crippen LogP contribution in [0.4, 0.5) is 15.9 Å². The van der Waals surface area contributed by atoms with E-state index < -0.39 is 33.8 Å². The summed E-state index contributed by atoms with van der Waals surface area (Å²) in [6, 6.07) is 16.5. The van der Waals surface area contributed by atoms with Gasteiger partial charge in [-0.1, -0.05) is 18.2 Å². The van der Waals surface area contributed by atoms with Crippen LogP contribution in [0.25, 0.3) is 5.70 Å². The Hall–Kier alpha value is -5.39. The molecule has 8 rings (SSSR count). The first-order chi connectivity index (χ1) is 28.2. The lowest BCUT2D eigenvalue weighted by Gasteiger charge is -2.51. The smallest absolute Gasteiger partial charge is 0.335 e. The van der Waals surface area contributed by atoms with Crippen molar-refractivity contribution in [2.75, 3.05) is 63.1 Å². The van der Waals surface area contributed by atoms with Crippen molar-refractivity contribution < 1.29 is 23.4 Å². The Morgan fingerprint density at radius 3 is 2.53 bits per heavy atom. The maximum Gasteiger partial charge on any atom is 0.335 e. The van der Waals surface area contributed by atoms with Gasteiger partial charge in [-0.3, -0.25) is 24.1 Å². The highest BCUT2D eigenvalue weighted by Crippen LogP contribution is 2.42. The maximum atomic E-state index is 14.3. The van der Waals surface area contributed by atoms with Crippen molar-refractivity contribution in [3.63, 3.8) is 0 Å². The fourth-order valence-corrected chi connectivity index (χ4v) is 9.06. The van der Waals surface area contributed by atoms with Gasteiger partial charge in [0.05, 0.1) is 31.5 Å². The van der Waals surface area contributed by atoms with Crippen molar-refractivity contribution in [3.05, 3.63) is 118 Å². The molecule has 3 aromatic rings. The predicted octanol–water partition coefficient (Wildman–Crippen LogP) is 4.41. The molecule has 0 spiro atoms. The molecule has 5 aliphatic heterocycles. The van der Waals surface area contributed by atoms with Crippen LogP contribution >= 0.6 is 0 Å². The monoisotopic (exact) mass is 807 g/mol. The molecule has 5 atom stereocenters. The van der Waals surface area contributed by atoms with E-state index in [2.05, 4.69) is 56.9 Å². The number of carbonyl (C=O) groups excluding carboxylic acids is 3. The Labute approximate surface area is 343 Å². The number of rotatable bonds is 9. The fraction of sp³-hybridized carbons (Fsp3) is 0.442. The Balaban J connectivity index is 0.863. The molecule has 6 heterocycles. The first kappa shape index (κ1) is 40.4. The zero-order chi connectivity index (χ0) is 41.7. The van der Waals surface area contributed by atoms with Gasteiger partial charge in [0.25, 0.3) is 0 Å². The van der Waals surface area contributed by atoms with Gasteiger partial charge in [-0.2, -0.15) is 0 Å². The summed E-state index contributed by atoms with van der Waals surface area (Å²) in [7, 11) is 1.21. The van der Waals surface area contributed by atoms with Crippen LogP contribution in [-0.4, -0.2) is 117 Å². The van der Waals surface area contributed by atoms with Gasteiger partial charge in [0.1, 0.15) is 29.0 Å². The second kappa shape index (κ2) is 15.7. The molecule has 5 aliphatic rings. The summed E-state index contributed by atoms with van der Waals surface area (Å²) >= 11 is 0. The Kier molecular flexibility index (Phi) is 10.7. The van der Waals surface area contributed by atoms with Gasteiger partial charge < -0.3 is 35.9 Å². The lowest BCUT2D eigenvalue weighted by Crippen LogP contribution is -2.68. The molecule has 15 nitrogen and oxygen atoms in total. The SMILES string of the molecule is Cc1cc(NCC(=O)N2CCN(c3cccc(C4=CNC5(C)C=CC(C)(N6CCCC6c6cccc(F)c6)NN45)n3)CC2)ccc1C(=O)N([O-])C1CCC[N+](C)([O-])C1=O. The van der Waals surface area contributed by atoms with Crippen molar-refractivity contribution in [1.82, 2.24) is 35.6 Å². The van der Waals surface area contributed by atoms with Crippen LogP contribution < -0.4 is 21.0 Å². The molecular weight excluding hydrogens is 756 g/mol. The highest BCUT2D eigenvalue weighted by atomic mass is 19.1. The number of piperazine rings is 1. The minimum absolute atomic E-state index is 0.0429. The summed E-state index contributed by atoms with van der Waals surface area (Å²) in [5, 5.41) is 34.2. The van der Waals surface area contributed by atoms with Crippen LogP contribution in [0, 0.1) is 23.2 Å². The van der Waals surface area contributed by atoms with Gasteiger partial charge in [-0.05, 0) is 112 Å². The number of aromatic nitrogens is 1. The molecule has 0 radical (unpaired) electrons. The number of carbonyl (C=O) groups is 3. The second-order valence-electron chi connectivity index (χ2n) is 16.7. The standard InChI is InChI=1S/C43H52FN10O5/c1-29-25-32(15-16-33(29)40(56)52(58)36-13-8-24-54(4,59)41(36)57)45-28-39(55)50-22-20-49(21-23-50)38-14-6-11-34(47-38)37-27-46-42(2)17-18-43(3,48-53(37)42)51-19-7-12-35(51)30-9-5-10-31(44)26-30/h5-6,9-11,14-18,25-27,35-36,45-46,48H,7-8,12-13,19-24,28H2,1-4H3/q-1. The molecular formula is C43H52FN10O5-. The summed E-state index contributed by atoms with van der Waals surface area (Å²) < 4.78 is 13.1. The summed E-state index contributed by atoms with van der Waals surface area (Å²) in [6.07, 6.45) is 8.86. The molecule has 0 bridgehead atoms. The number of pyridine rings is 1. The average molecular weight is 808 g/mol. The summed E-state index contributed by atoms with van der Waals surface area (Å²) in [4.78, 5) is 50.4. The Morgan fingerprint density at radius 2 is 1.76 bits per heavy atom. The van der Waals surface area contributed by atoms with Gasteiger partial charge in [-0.15, -0.1) is 0 Å². The van der Waals surface area contributed by atoms with Crippen LogP contribution in [0.3, 0.4) is 0 Å². The number of likely N-dealkylation sites (N-methyl/N-ethyl adjacent to an activating group) is 1. The highest BCUT2D eigenvalue weighted by Gasteiger charge is 2.48. The molecule has 3 saturated heterocycles. The van der Waals surface area contributed by atoms with Crippen molar-refractivity contribution in [2.45, 2.75) is 69.9 Å². The molecule has 312 valence electrons. The maximum absolute atomic E-state index is 14.3. The molecule has 3 amide bonds. The number of nitrogens with zero attached hydrogens (tertiary/aromatic N) is 7. The van der Waals surface area contributed by atoms with Gasteiger partial charge in [-0.25, -0.2) is 19.6 Å². The Morgan fingerprint density at radius 1 is 1.00 bits per heavy atom. The van der Waals surface area contributed by atoms with Crippen molar-refractivity contribution in [1.29, 1.82) is 0 Å². The largest absolute Gasteiger partial charge is 0.755 e. The molecule has 0 aliphatic carbocycles. The van der Waals surface area contributed by atoms with E-state index in [1.54, 1.807) is 31.2 Å². The van der Waals surface area contributed by atoms with E-state index in [0.717, 1.165) is 42.2 Å². The number of piperidine rings is 1. The third kappa shape index (κ3) is 7.78. The summed E-state index contributed by atoms with van der Waals surface area (Å²) in [5.74, 6) is -1.15. The molecule has 59 heavy (non-hydrogen) atoms. The normalized spacial score (nSPS) is 28.3. The second-order valence-corrected chi connectivity index (χ2v) is 16.7. The number of benzene rings is 2. The molecule has 0 saturated carbocycles. The van der Waals surface area contributed by atoms with Crippen molar-refractivity contribution in [2.24, 2.45) is 0 Å². The number of hydrogen-bond acceptors (Lipinski definition) is 12. The number of hydrogen-bond donors (Lipinski definition) is 3. The number of fused-ring (bicyclic) bond motifs is 1. The lowest BCUT2D eigenvalue weighted by atomic mass is 9.98. The number of likely N-dealkylation sites (tertiary alicyclic amines) is 2. The fourth-order valence-electron chi connectivity index (χ4n) is 9.06. The zero-order valence-corrected chi connectivity index (χ0v) is 34.0. The third-order valence-corrected chi connectivity index (χ3v) is 12.5. The quantitative estimate of drug-likeness (QED) is 0.121. The zero-order valence-electron chi connectivity index (χ0n) is 34.0. The summed E-state index contributed by atoms with van der Waals surface area (Å²) in [6.45, 7) is 9.19. The van der Waals surface area contributed by atoms with Gasteiger partial charge in [0, 0.05) is 56.2 Å². The lowest BCUT2D eigenvalue weighted by molar-refractivity contribution is -0.788. The van der Waals surface area contributed by atoms with Crippen molar-refractivity contribution in [3.8, 4) is 0 Å². The highest BCUT2D eigenvalue weighted by molar-refractivity contribution is 5.98. The molecule has 16 heteroatoms. The average Bonchev–Trinajstić information content (AvgIpc) is 3.86. The number of aryl methyl sites for hydroxylation is 1. The van der Waals surface area contributed by atoms with E-state index in [9.17, 15) is 29.2 Å². The van der Waals surface area contributed by atoms with E-state index in [1.165, 1.54) is 19.2 Å². The van der Waals surface area contributed by atoms with Gasteiger partial charge in [0.15, 0.2) is 0 Å². The number of anilines is 2.